The Kier molecular flexibility index (Phi) is 5.09. The van der Waals surface area contributed by atoms with E-state index in [-0.39, 0.29) is 11.9 Å². The Balaban J connectivity index is 2.17. The van der Waals surface area contributed by atoms with Crippen molar-refractivity contribution in [2.75, 3.05) is 27.4 Å². The van der Waals surface area contributed by atoms with Crippen LogP contribution in [0, 0.1) is 0 Å². The zero-order valence-corrected chi connectivity index (χ0v) is 13.2. The number of thiophene rings is 1. The molecule has 5 nitrogen and oxygen atoms in total. The summed E-state index contributed by atoms with van der Waals surface area (Å²) < 4.78 is 11.3. The lowest BCUT2D eigenvalue weighted by Crippen LogP contribution is -2.39. The molecule has 1 aromatic rings. The van der Waals surface area contributed by atoms with E-state index in [0.29, 0.717) is 19.6 Å². The van der Waals surface area contributed by atoms with Crippen molar-refractivity contribution < 1.29 is 14.3 Å². The summed E-state index contributed by atoms with van der Waals surface area (Å²) in [4.78, 5) is 13.1. The molecule has 1 aromatic heterocycles. The number of carbonyl (C=O) groups excluding carboxylic acids is 1. The number of halogens is 1. The van der Waals surface area contributed by atoms with Crippen LogP contribution in [0.3, 0.4) is 0 Å². The van der Waals surface area contributed by atoms with Gasteiger partial charge in [-0.05, 0) is 28.1 Å². The van der Waals surface area contributed by atoms with Gasteiger partial charge in [0.1, 0.15) is 6.04 Å². The van der Waals surface area contributed by atoms with Crippen molar-refractivity contribution in [2.45, 2.75) is 12.5 Å². The molecule has 0 saturated heterocycles. The summed E-state index contributed by atoms with van der Waals surface area (Å²) in [7, 11) is 3.20. The van der Waals surface area contributed by atoms with E-state index in [0.717, 1.165) is 14.4 Å². The molecule has 19 heavy (non-hydrogen) atoms. The van der Waals surface area contributed by atoms with E-state index in [9.17, 15) is 4.79 Å². The number of methoxy groups -OCH3 is 2. The predicted molar refractivity (Wildman–Crippen MR) is 77.6 cm³/mol. The fourth-order valence-corrected chi connectivity index (χ4v) is 3.28. The monoisotopic (exact) mass is 346 g/mol. The number of rotatable bonds is 6. The number of hydrogen-bond acceptors (Lipinski definition) is 5. The van der Waals surface area contributed by atoms with Gasteiger partial charge in [0.25, 0.3) is 0 Å². The zero-order valence-electron chi connectivity index (χ0n) is 10.8. The van der Waals surface area contributed by atoms with E-state index in [1.807, 2.05) is 12.1 Å². The summed E-state index contributed by atoms with van der Waals surface area (Å²) in [6.07, 6.45) is 0.330. The number of carbonyl (C=O) groups is 1. The predicted octanol–water partition coefficient (Wildman–Crippen LogP) is 2.11. The number of ether oxygens (including phenoxy) is 2. The van der Waals surface area contributed by atoms with E-state index in [1.165, 1.54) is 5.01 Å². The van der Waals surface area contributed by atoms with Crippen LogP contribution in [0.2, 0.25) is 0 Å². The third-order valence-electron chi connectivity index (χ3n) is 2.72. The Bertz CT molecular complexity index is 483. The molecule has 1 amide bonds. The summed E-state index contributed by atoms with van der Waals surface area (Å²) in [5.41, 5.74) is 0.804. The number of hydrazone groups is 1. The number of hydrogen-bond donors (Lipinski definition) is 0. The molecule has 0 fully saturated rings. The van der Waals surface area contributed by atoms with Crippen molar-refractivity contribution in [3.63, 3.8) is 0 Å². The van der Waals surface area contributed by atoms with Gasteiger partial charge in [-0.1, -0.05) is 0 Å². The third-order valence-corrected chi connectivity index (χ3v) is 4.40. The van der Waals surface area contributed by atoms with Gasteiger partial charge in [0.05, 0.1) is 34.0 Å². The van der Waals surface area contributed by atoms with Gasteiger partial charge in [0.2, 0.25) is 5.91 Å². The number of amides is 1. The van der Waals surface area contributed by atoms with Gasteiger partial charge in [0, 0.05) is 14.2 Å². The van der Waals surface area contributed by atoms with Crippen molar-refractivity contribution in [1.82, 2.24) is 5.01 Å². The molecule has 2 heterocycles. The molecule has 0 spiro atoms. The average Bonchev–Trinajstić information content (AvgIpc) is 2.95. The highest BCUT2D eigenvalue weighted by Gasteiger charge is 2.31. The second-order valence-electron chi connectivity index (χ2n) is 4.13. The molecule has 0 atom stereocenters. The number of nitrogens with zero attached hydrogens (tertiary/aromatic N) is 2. The summed E-state index contributed by atoms with van der Waals surface area (Å²) in [5, 5.41) is 5.90. The minimum Gasteiger partial charge on any atom is -0.382 e. The van der Waals surface area contributed by atoms with Gasteiger partial charge in [-0.15, -0.1) is 11.3 Å². The second-order valence-corrected chi connectivity index (χ2v) is 6.59. The normalized spacial score (nSPS) is 15.5. The maximum Gasteiger partial charge on any atom is 0.249 e. The molecule has 1 aliphatic rings. The van der Waals surface area contributed by atoms with Crippen LogP contribution in [-0.4, -0.2) is 50.1 Å². The summed E-state index contributed by atoms with van der Waals surface area (Å²) in [6.45, 7) is 0.814. The van der Waals surface area contributed by atoms with Crippen LogP contribution < -0.4 is 0 Å². The molecule has 0 unspecified atom stereocenters. The van der Waals surface area contributed by atoms with E-state index in [2.05, 4.69) is 21.0 Å². The van der Waals surface area contributed by atoms with Gasteiger partial charge in [-0.3, -0.25) is 4.79 Å². The van der Waals surface area contributed by atoms with E-state index >= 15 is 0 Å². The molecule has 1 aliphatic heterocycles. The van der Waals surface area contributed by atoms with Crippen molar-refractivity contribution >= 4 is 38.9 Å². The largest absolute Gasteiger partial charge is 0.382 e. The SMILES string of the molecule is COCC(COC)N1N=C(c2ccc(Br)s2)CC1=O. The van der Waals surface area contributed by atoms with Gasteiger partial charge in [0.15, 0.2) is 0 Å². The molecule has 0 radical (unpaired) electrons. The van der Waals surface area contributed by atoms with Gasteiger partial charge >= 0.3 is 0 Å². The molecule has 2 rings (SSSR count). The summed E-state index contributed by atoms with van der Waals surface area (Å²) in [6, 6.07) is 3.74. The Morgan fingerprint density at radius 2 is 2.11 bits per heavy atom. The molecule has 0 aromatic carbocycles. The molecule has 0 N–H and O–H groups in total. The Hall–Kier alpha value is -0.760. The fraction of sp³-hybridized carbons (Fsp3) is 0.500. The van der Waals surface area contributed by atoms with Crippen LogP contribution in [0.25, 0.3) is 0 Å². The van der Waals surface area contributed by atoms with Crippen LogP contribution in [0.15, 0.2) is 21.0 Å². The van der Waals surface area contributed by atoms with Crippen molar-refractivity contribution in [2.24, 2.45) is 5.10 Å². The van der Waals surface area contributed by atoms with E-state index in [4.69, 9.17) is 9.47 Å². The standard InChI is InChI=1S/C12H15BrN2O3S/c1-17-6-8(7-18-2)15-12(16)5-9(14-15)10-3-4-11(13)19-10/h3-4,8H,5-7H2,1-2H3. The van der Waals surface area contributed by atoms with Crippen molar-refractivity contribution in [1.29, 1.82) is 0 Å². The topological polar surface area (TPSA) is 51.1 Å². The lowest BCUT2D eigenvalue weighted by molar-refractivity contribution is -0.133. The lowest BCUT2D eigenvalue weighted by atomic mass is 10.2. The fourth-order valence-electron chi connectivity index (χ4n) is 1.91. The first-order valence-corrected chi connectivity index (χ1v) is 7.39. The zero-order chi connectivity index (χ0) is 13.8. The molecular formula is C12H15BrN2O3S. The first kappa shape index (κ1) is 14.6. The van der Waals surface area contributed by atoms with Crippen LogP contribution in [0.5, 0.6) is 0 Å². The Morgan fingerprint density at radius 3 is 2.63 bits per heavy atom. The second kappa shape index (κ2) is 6.60. The maximum atomic E-state index is 12.0. The van der Waals surface area contributed by atoms with Gasteiger partial charge in [-0.2, -0.15) is 5.10 Å². The van der Waals surface area contributed by atoms with Crippen molar-refractivity contribution in [3.05, 3.63) is 20.8 Å². The summed E-state index contributed by atoms with van der Waals surface area (Å²) in [5.74, 6) is -0.0152. The Labute approximate surface area is 124 Å². The molecule has 104 valence electrons. The summed E-state index contributed by atoms with van der Waals surface area (Å²) >= 11 is 4.99. The minimum atomic E-state index is -0.177. The molecular weight excluding hydrogens is 332 g/mol. The van der Waals surface area contributed by atoms with E-state index in [1.54, 1.807) is 25.6 Å². The van der Waals surface area contributed by atoms with Crippen LogP contribution in [0.4, 0.5) is 0 Å². The first-order chi connectivity index (χ1) is 9.15. The average molecular weight is 347 g/mol. The van der Waals surface area contributed by atoms with Crippen LogP contribution in [-0.2, 0) is 14.3 Å². The maximum absolute atomic E-state index is 12.0. The quantitative estimate of drug-likeness (QED) is 0.792. The molecule has 7 heteroatoms. The van der Waals surface area contributed by atoms with Gasteiger partial charge < -0.3 is 9.47 Å². The van der Waals surface area contributed by atoms with Crippen molar-refractivity contribution in [3.8, 4) is 0 Å². The highest BCUT2D eigenvalue weighted by atomic mass is 79.9. The molecule has 0 saturated carbocycles. The van der Waals surface area contributed by atoms with Crippen LogP contribution in [0.1, 0.15) is 11.3 Å². The molecule has 0 bridgehead atoms. The van der Waals surface area contributed by atoms with Crippen LogP contribution >= 0.6 is 27.3 Å². The smallest absolute Gasteiger partial charge is 0.249 e. The highest BCUT2D eigenvalue weighted by Crippen LogP contribution is 2.26. The minimum absolute atomic E-state index is 0.0152. The highest BCUT2D eigenvalue weighted by molar-refractivity contribution is 9.11. The molecule has 0 aliphatic carbocycles. The third kappa shape index (κ3) is 3.42. The van der Waals surface area contributed by atoms with E-state index < -0.39 is 0 Å². The lowest BCUT2D eigenvalue weighted by Gasteiger charge is -2.22. The Morgan fingerprint density at radius 1 is 1.42 bits per heavy atom. The van der Waals surface area contributed by atoms with Gasteiger partial charge in [-0.25, -0.2) is 5.01 Å². The first-order valence-electron chi connectivity index (χ1n) is 5.78.